The number of aliphatic hydroxyl groups is 1. The molecule has 1 atom stereocenters. The van der Waals surface area contributed by atoms with Gasteiger partial charge in [-0.3, -0.25) is 0 Å². The summed E-state index contributed by atoms with van der Waals surface area (Å²) in [5.74, 6) is 0. The van der Waals surface area contributed by atoms with Gasteiger partial charge in [-0.1, -0.05) is 0 Å². The smallest absolute Gasteiger partial charge is 0.277 e. The Balaban J connectivity index is 1.80. The number of rotatable bonds is 5. The van der Waals surface area contributed by atoms with Crippen LogP contribution in [0.1, 0.15) is 19.3 Å². The third-order valence-electron chi connectivity index (χ3n) is 2.71. The van der Waals surface area contributed by atoms with Gasteiger partial charge in [-0.2, -0.15) is 17.9 Å². The summed E-state index contributed by atoms with van der Waals surface area (Å²) < 4.78 is 27.7. The Morgan fingerprint density at radius 2 is 2.20 bits per heavy atom. The molecule has 4 N–H and O–H groups in total. The summed E-state index contributed by atoms with van der Waals surface area (Å²) in [7, 11) is -3.43. The van der Waals surface area contributed by atoms with Gasteiger partial charge in [0.1, 0.15) is 0 Å². The Hall–Kier alpha value is -0.210. The van der Waals surface area contributed by atoms with Gasteiger partial charge >= 0.3 is 0 Å². The molecule has 0 spiro atoms. The Bertz CT molecular complexity index is 320. The molecule has 0 aromatic carbocycles. The third-order valence-corrected chi connectivity index (χ3v) is 3.88. The minimum atomic E-state index is -3.43. The second-order valence-corrected chi connectivity index (χ2v) is 5.90. The van der Waals surface area contributed by atoms with Crippen LogP contribution in [-0.4, -0.2) is 44.8 Å². The predicted octanol–water partition coefficient (Wildman–Crippen LogP) is -1.70. The monoisotopic (exact) mass is 235 g/mol. The second kappa shape index (κ2) is 3.99. The standard InChI is InChI=1S/C8H17N3O3S/c12-8(3-4-9-5-8)6-10-15(13,14)11-7-1-2-7/h7,9-12H,1-6H2. The lowest BCUT2D eigenvalue weighted by molar-refractivity contribution is 0.0667. The first-order chi connectivity index (χ1) is 6.99. The van der Waals surface area contributed by atoms with Gasteiger partial charge in [-0.25, -0.2) is 0 Å². The van der Waals surface area contributed by atoms with E-state index in [9.17, 15) is 13.5 Å². The lowest BCUT2D eigenvalue weighted by Crippen LogP contribution is -2.48. The molecule has 0 radical (unpaired) electrons. The summed E-state index contributed by atoms with van der Waals surface area (Å²) in [6.45, 7) is 1.25. The fraction of sp³-hybridized carbons (Fsp3) is 1.00. The third kappa shape index (κ3) is 3.39. The molecule has 6 nitrogen and oxygen atoms in total. The normalized spacial score (nSPS) is 32.1. The van der Waals surface area contributed by atoms with Crippen LogP contribution in [0.15, 0.2) is 0 Å². The molecule has 0 bridgehead atoms. The van der Waals surface area contributed by atoms with Crippen LogP contribution in [0.4, 0.5) is 0 Å². The first-order valence-corrected chi connectivity index (χ1v) is 6.67. The van der Waals surface area contributed by atoms with Gasteiger partial charge in [0, 0.05) is 19.1 Å². The highest BCUT2D eigenvalue weighted by molar-refractivity contribution is 7.87. The fourth-order valence-electron chi connectivity index (χ4n) is 1.57. The Morgan fingerprint density at radius 1 is 1.47 bits per heavy atom. The maximum Gasteiger partial charge on any atom is 0.277 e. The highest BCUT2D eigenvalue weighted by Crippen LogP contribution is 2.19. The van der Waals surface area contributed by atoms with E-state index in [4.69, 9.17) is 0 Å². The molecule has 1 saturated carbocycles. The van der Waals surface area contributed by atoms with Crippen LogP contribution >= 0.6 is 0 Å². The lowest BCUT2D eigenvalue weighted by Gasteiger charge is -2.21. The maximum absolute atomic E-state index is 11.4. The molecule has 88 valence electrons. The molecular weight excluding hydrogens is 218 g/mol. The van der Waals surface area contributed by atoms with Gasteiger partial charge < -0.3 is 10.4 Å². The van der Waals surface area contributed by atoms with Crippen LogP contribution in [-0.2, 0) is 10.2 Å². The fourth-order valence-corrected chi connectivity index (χ4v) is 2.79. The van der Waals surface area contributed by atoms with Crippen molar-refractivity contribution in [3.05, 3.63) is 0 Å². The molecule has 1 heterocycles. The Labute approximate surface area is 89.6 Å². The molecule has 15 heavy (non-hydrogen) atoms. The zero-order valence-corrected chi connectivity index (χ0v) is 9.31. The van der Waals surface area contributed by atoms with E-state index in [1.54, 1.807) is 0 Å². The molecule has 1 saturated heterocycles. The van der Waals surface area contributed by atoms with Crippen molar-refractivity contribution in [2.45, 2.75) is 30.9 Å². The maximum atomic E-state index is 11.4. The molecule has 1 aliphatic carbocycles. The summed E-state index contributed by atoms with van der Waals surface area (Å²) in [6.07, 6.45) is 2.40. The molecule has 2 aliphatic rings. The summed E-state index contributed by atoms with van der Waals surface area (Å²) in [5.41, 5.74) is -0.932. The van der Waals surface area contributed by atoms with Crippen LogP contribution in [0.5, 0.6) is 0 Å². The minimum absolute atomic E-state index is 0.0715. The number of β-amino-alcohol motifs (C(OH)–C–C–N with tert-alkyl or cyclic N) is 1. The van der Waals surface area contributed by atoms with Crippen molar-refractivity contribution in [3.8, 4) is 0 Å². The van der Waals surface area contributed by atoms with Crippen LogP contribution in [0.3, 0.4) is 0 Å². The van der Waals surface area contributed by atoms with Crippen LogP contribution in [0.25, 0.3) is 0 Å². The molecule has 0 aromatic rings. The first kappa shape index (κ1) is 11.3. The zero-order valence-electron chi connectivity index (χ0n) is 8.49. The summed E-state index contributed by atoms with van der Waals surface area (Å²) >= 11 is 0. The predicted molar refractivity (Wildman–Crippen MR) is 55.5 cm³/mol. The number of hydrogen-bond donors (Lipinski definition) is 4. The molecule has 0 amide bonds. The van der Waals surface area contributed by atoms with Gasteiger partial charge in [0.2, 0.25) is 0 Å². The highest BCUT2D eigenvalue weighted by atomic mass is 32.2. The van der Waals surface area contributed by atoms with Crippen molar-refractivity contribution in [2.24, 2.45) is 0 Å². The van der Waals surface area contributed by atoms with Gasteiger partial charge in [0.05, 0.1) is 5.60 Å². The average molecular weight is 235 g/mol. The van der Waals surface area contributed by atoms with E-state index in [-0.39, 0.29) is 12.6 Å². The van der Waals surface area contributed by atoms with Crippen molar-refractivity contribution in [1.82, 2.24) is 14.8 Å². The van der Waals surface area contributed by atoms with Crippen molar-refractivity contribution in [1.29, 1.82) is 0 Å². The van der Waals surface area contributed by atoms with Gasteiger partial charge in [0.25, 0.3) is 10.2 Å². The van der Waals surface area contributed by atoms with Crippen molar-refractivity contribution in [3.63, 3.8) is 0 Å². The lowest BCUT2D eigenvalue weighted by atomic mass is 10.1. The molecule has 7 heteroatoms. The van der Waals surface area contributed by atoms with Crippen LogP contribution < -0.4 is 14.8 Å². The van der Waals surface area contributed by atoms with E-state index in [0.29, 0.717) is 13.0 Å². The van der Waals surface area contributed by atoms with E-state index in [0.717, 1.165) is 19.4 Å². The molecule has 2 rings (SSSR count). The van der Waals surface area contributed by atoms with Crippen LogP contribution in [0, 0.1) is 0 Å². The van der Waals surface area contributed by atoms with Gasteiger partial charge in [-0.15, -0.1) is 0 Å². The van der Waals surface area contributed by atoms with Gasteiger partial charge in [-0.05, 0) is 25.8 Å². The second-order valence-electron chi connectivity index (χ2n) is 4.37. The van der Waals surface area contributed by atoms with Crippen molar-refractivity contribution >= 4 is 10.2 Å². The summed E-state index contributed by atoms with van der Waals surface area (Å²) in [4.78, 5) is 0. The van der Waals surface area contributed by atoms with E-state index in [1.165, 1.54) is 0 Å². The van der Waals surface area contributed by atoms with E-state index in [2.05, 4.69) is 14.8 Å². The topological polar surface area (TPSA) is 90.5 Å². The molecule has 1 unspecified atom stereocenters. The zero-order chi connectivity index (χ0) is 10.9. The van der Waals surface area contributed by atoms with Crippen molar-refractivity contribution < 1.29 is 13.5 Å². The van der Waals surface area contributed by atoms with Gasteiger partial charge in [0.15, 0.2) is 0 Å². The Morgan fingerprint density at radius 3 is 2.73 bits per heavy atom. The van der Waals surface area contributed by atoms with Crippen molar-refractivity contribution in [2.75, 3.05) is 19.6 Å². The molecule has 1 aliphatic heterocycles. The van der Waals surface area contributed by atoms with E-state index >= 15 is 0 Å². The quantitative estimate of drug-likeness (QED) is 0.457. The summed E-state index contributed by atoms with van der Waals surface area (Å²) in [6, 6.07) is 0.0962. The molecule has 0 aromatic heterocycles. The molecular formula is C8H17N3O3S. The van der Waals surface area contributed by atoms with E-state index < -0.39 is 15.8 Å². The first-order valence-electron chi connectivity index (χ1n) is 5.19. The van der Waals surface area contributed by atoms with E-state index in [1.807, 2.05) is 0 Å². The average Bonchev–Trinajstić information content (AvgIpc) is 2.83. The molecule has 2 fully saturated rings. The SMILES string of the molecule is O=S(=O)(NCC1(O)CCNC1)NC1CC1. The summed E-state index contributed by atoms with van der Waals surface area (Å²) in [5, 5.41) is 12.9. The largest absolute Gasteiger partial charge is 0.387 e. The number of nitrogens with one attached hydrogen (secondary N) is 3. The van der Waals surface area contributed by atoms with Crippen LogP contribution in [0.2, 0.25) is 0 Å². The number of hydrogen-bond acceptors (Lipinski definition) is 4. The minimum Gasteiger partial charge on any atom is -0.387 e. The highest BCUT2D eigenvalue weighted by Gasteiger charge is 2.33. The Kier molecular flexibility index (Phi) is 3.00.